The van der Waals surface area contributed by atoms with Gasteiger partial charge in [-0.05, 0) is 47.9 Å². The molecule has 1 amide bonds. The van der Waals surface area contributed by atoms with Crippen LogP contribution in [0.4, 0.5) is 4.39 Å². The topological polar surface area (TPSA) is 69.0 Å². The third-order valence-corrected chi connectivity index (χ3v) is 5.31. The molecule has 8 heteroatoms. The van der Waals surface area contributed by atoms with Crippen LogP contribution in [0, 0.1) is 11.7 Å². The average Bonchev–Trinajstić information content (AvgIpc) is 3.14. The molecule has 3 rings (SSSR count). The van der Waals surface area contributed by atoms with Crippen LogP contribution in [0.1, 0.15) is 35.6 Å². The smallest absolute Gasteiger partial charge is 0.251 e. The number of thioether (sulfide) groups is 1. The van der Waals surface area contributed by atoms with Crippen molar-refractivity contribution in [3.63, 3.8) is 0 Å². The number of ether oxygens (including phenoxy) is 1. The fourth-order valence-corrected chi connectivity index (χ4v) is 3.69. The highest BCUT2D eigenvalue weighted by Crippen LogP contribution is 2.26. The molecule has 3 aromatic rings. The van der Waals surface area contributed by atoms with Crippen LogP contribution in [-0.4, -0.2) is 34.3 Å². The summed E-state index contributed by atoms with van der Waals surface area (Å²) >= 11 is 1.51. The van der Waals surface area contributed by atoms with E-state index in [9.17, 15) is 9.18 Å². The Kier molecular flexibility index (Phi) is 7.59. The molecule has 0 atom stereocenters. The maximum Gasteiger partial charge on any atom is 0.251 e. The molecular formula is C22H25FN4O2S. The summed E-state index contributed by atoms with van der Waals surface area (Å²) in [5.74, 6) is 1.34. The molecule has 1 N–H and O–H groups in total. The molecule has 0 radical (unpaired) electrons. The largest absolute Gasteiger partial charge is 0.377 e. The number of nitrogens with one attached hydrogen (secondary N) is 1. The Morgan fingerprint density at radius 3 is 2.47 bits per heavy atom. The molecule has 158 valence electrons. The van der Waals surface area contributed by atoms with Gasteiger partial charge in [0.1, 0.15) is 12.4 Å². The monoisotopic (exact) mass is 428 g/mol. The van der Waals surface area contributed by atoms with Crippen LogP contribution in [0.5, 0.6) is 0 Å². The predicted octanol–water partition coefficient (Wildman–Crippen LogP) is 4.23. The molecule has 0 saturated heterocycles. The van der Waals surface area contributed by atoms with Crippen molar-refractivity contribution < 1.29 is 13.9 Å². The number of benzene rings is 2. The van der Waals surface area contributed by atoms with Crippen molar-refractivity contribution in [3.05, 3.63) is 71.3 Å². The Morgan fingerprint density at radius 2 is 1.83 bits per heavy atom. The van der Waals surface area contributed by atoms with E-state index in [1.54, 1.807) is 19.2 Å². The van der Waals surface area contributed by atoms with Crippen molar-refractivity contribution in [1.29, 1.82) is 0 Å². The first-order valence-electron chi connectivity index (χ1n) is 9.67. The molecule has 0 saturated carbocycles. The predicted molar refractivity (Wildman–Crippen MR) is 115 cm³/mol. The number of nitrogens with zero attached hydrogens (tertiary/aromatic N) is 3. The molecule has 0 fully saturated rings. The molecule has 6 nitrogen and oxygen atoms in total. The second-order valence-corrected chi connectivity index (χ2v) is 8.18. The van der Waals surface area contributed by atoms with Gasteiger partial charge in [0.2, 0.25) is 0 Å². The first-order valence-corrected chi connectivity index (χ1v) is 10.7. The van der Waals surface area contributed by atoms with Gasteiger partial charge in [-0.3, -0.25) is 9.36 Å². The molecule has 2 aromatic carbocycles. The molecule has 0 aliphatic heterocycles. The molecule has 0 unspecified atom stereocenters. The van der Waals surface area contributed by atoms with E-state index in [0.29, 0.717) is 41.4 Å². The number of methoxy groups -OCH3 is 1. The van der Waals surface area contributed by atoms with Crippen molar-refractivity contribution in [2.75, 3.05) is 13.7 Å². The summed E-state index contributed by atoms with van der Waals surface area (Å²) in [5.41, 5.74) is 2.47. The van der Waals surface area contributed by atoms with Crippen molar-refractivity contribution in [1.82, 2.24) is 20.1 Å². The number of rotatable bonds is 9. The van der Waals surface area contributed by atoms with Crippen molar-refractivity contribution in [3.8, 4) is 5.69 Å². The second-order valence-electron chi connectivity index (χ2n) is 7.23. The van der Waals surface area contributed by atoms with Crippen LogP contribution < -0.4 is 5.32 Å². The normalized spacial score (nSPS) is 11.1. The van der Waals surface area contributed by atoms with Gasteiger partial charge >= 0.3 is 0 Å². The zero-order valence-electron chi connectivity index (χ0n) is 17.3. The van der Waals surface area contributed by atoms with Gasteiger partial charge in [0.25, 0.3) is 5.91 Å². The number of carbonyl (C=O) groups is 1. The first kappa shape index (κ1) is 22.0. The lowest BCUT2D eigenvalue weighted by molar-refractivity contribution is 0.0949. The van der Waals surface area contributed by atoms with Crippen LogP contribution in [0.25, 0.3) is 5.69 Å². The van der Waals surface area contributed by atoms with E-state index in [1.165, 1.54) is 23.9 Å². The van der Waals surface area contributed by atoms with Gasteiger partial charge in [0.05, 0.1) is 0 Å². The summed E-state index contributed by atoms with van der Waals surface area (Å²) in [6.07, 6.45) is 0. The number of amides is 1. The first-order chi connectivity index (χ1) is 14.5. The number of hydrogen-bond acceptors (Lipinski definition) is 5. The second kappa shape index (κ2) is 10.4. The lowest BCUT2D eigenvalue weighted by atomic mass is 10.1. The Morgan fingerprint density at radius 1 is 1.13 bits per heavy atom. The number of hydrogen-bond donors (Lipinski definition) is 1. The van der Waals surface area contributed by atoms with E-state index >= 15 is 0 Å². The van der Waals surface area contributed by atoms with E-state index in [2.05, 4.69) is 29.4 Å². The zero-order valence-corrected chi connectivity index (χ0v) is 18.1. The summed E-state index contributed by atoms with van der Waals surface area (Å²) in [6, 6.07) is 13.7. The van der Waals surface area contributed by atoms with E-state index in [-0.39, 0.29) is 11.7 Å². The zero-order chi connectivity index (χ0) is 21.5. The molecule has 0 spiro atoms. The van der Waals surface area contributed by atoms with Gasteiger partial charge in [-0.2, -0.15) is 0 Å². The maximum atomic E-state index is 13.3. The Labute approximate surface area is 179 Å². The fourth-order valence-electron chi connectivity index (χ4n) is 2.77. The molecule has 0 aliphatic rings. The quantitative estimate of drug-likeness (QED) is 0.517. The van der Waals surface area contributed by atoms with Crippen molar-refractivity contribution in [2.45, 2.75) is 31.4 Å². The van der Waals surface area contributed by atoms with Gasteiger partial charge in [-0.1, -0.05) is 37.7 Å². The van der Waals surface area contributed by atoms with Crippen LogP contribution in [0.15, 0.2) is 53.7 Å². The van der Waals surface area contributed by atoms with E-state index in [1.807, 2.05) is 28.8 Å². The van der Waals surface area contributed by atoms with E-state index < -0.39 is 0 Å². The molecule has 0 aliphatic carbocycles. The highest BCUT2D eigenvalue weighted by molar-refractivity contribution is 7.98. The van der Waals surface area contributed by atoms with Crippen LogP contribution in [0.2, 0.25) is 0 Å². The molecule has 30 heavy (non-hydrogen) atoms. The molecule has 1 heterocycles. The van der Waals surface area contributed by atoms with Gasteiger partial charge < -0.3 is 10.1 Å². The Bertz CT molecular complexity index is 972. The maximum absolute atomic E-state index is 13.3. The van der Waals surface area contributed by atoms with Crippen LogP contribution in [-0.2, 0) is 17.1 Å². The lowest BCUT2D eigenvalue weighted by Gasteiger charge is -2.10. The van der Waals surface area contributed by atoms with Gasteiger partial charge in [-0.25, -0.2) is 4.39 Å². The van der Waals surface area contributed by atoms with E-state index in [4.69, 9.17) is 4.74 Å². The molecular weight excluding hydrogens is 403 g/mol. The Hall–Kier alpha value is -2.71. The van der Waals surface area contributed by atoms with Crippen LogP contribution in [0.3, 0.4) is 0 Å². The summed E-state index contributed by atoms with van der Waals surface area (Å²) in [5, 5.41) is 12.1. The SMILES string of the molecule is COCc1nnc(SCc2ccc(C(=O)NCC(C)C)cc2)n1-c1ccc(F)cc1. The summed E-state index contributed by atoms with van der Waals surface area (Å²) < 4.78 is 20.4. The van der Waals surface area contributed by atoms with Gasteiger partial charge in [0, 0.05) is 30.7 Å². The Balaban J connectivity index is 1.71. The lowest BCUT2D eigenvalue weighted by Crippen LogP contribution is -2.27. The van der Waals surface area contributed by atoms with Crippen molar-refractivity contribution >= 4 is 17.7 Å². The molecule has 1 aromatic heterocycles. The van der Waals surface area contributed by atoms with E-state index in [0.717, 1.165) is 11.3 Å². The number of halogens is 1. The minimum atomic E-state index is -0.299. The molecule has 0 bridgehead atoms. The third-order valence-electron chi connectivity index (χ3n) is 4.31. The van der Waals surface area contributed by atoms with Crippen LogP contribution >= 0.6 is 11.8 Å². The van der Waals surface area contributed by atoms with Gasteiger partial charge in [0.15, 0.2) is 11.0 Å². The summed E-state index contributed by atoms with van der Waals surface area (Å²) in [4.78, 5) is 12.2. The minimum Gasteiger partial charge on any atom is -0.377 e. The highest BCUT2D eigenvalue weighted by atomic mass is 32.2. The van der Waals surface area contributed by atoms with Crippen molar-refractivity contribution in [2.24, 2.45) is 5.92 Å². The standard InChI is InChI=1S/C22H25FN4O2S/c1-15(2)12-24-21(28)17-6-4-16(5-7-17)14-30-22-26-25-20(13-29-3)27(22)19-10-8-18(23)9-11-19/h4-11,15H,12-14H2,1-3H3,(H,24,28). The number of aromatic nitrogens is 3. The highest BCUT2D eigenvalue weighted by Gasteiger charge is 2.15. The van der Waals surface area contributed by atoms with Gasteiger partial charge in [-0.15, -0.1) is 10.2 Å². The summed E-state index contributed by atoms with van der Waals surface area (Å²) in [7, 11) is 1.59. The third kappa shape index (κ3) is 5.67. The average molecular weight is 429 g/mol. The minimum absolute atomic E-state index is 0.0665. The summed E-state index contributed by atoms with van der Waals surface area (Å²) in [6.45, 7) is 5.07. The number of carbonyl (C=O) groups excluding carboxylic acids is 1. The fraction of sp³-hybridized carbons (Fsp3) is 0.318.